The first-order valence-corrected chi connectivity index (χ1v) is 7.21. The number of hydrogen-bond donors (Lipinski definition) is 0. The Labute approximate surface area is 110 Å². The normalized spacial score (nSPS) is 23.6. The molecule has 1 aromatic rings. The lowest BCUT2D eigenvalue weighted by atomic mass is 10.2. The van der Waals surface area contributed by atoms with Gasteiger partial charge in [0.2, 0.25) is 0 Å². The van der Waals surface area contributed by atoms with Gasteiger partial charge in [0.15, 0.2) is 5.82 Å². The summed E-state index contributed by atoms with van der Waals surface area (Å²) in [5.41, 5.74) is 0.660. The molecule has 1 aromatic carbocycles. The molecule has 0 radical (unpaired) electrons. The van der Waals surface area contributed by atoms with Gasteiger partial charge in [-0.15, -0.1) is 0 Å². The van der Waals surface area contributed by atoms with Crippen LogP contribution in [0.5, 0.6) is 5.75 Å². The maximum absolute atomic E-state index is 14.0. The van der Waals surface area contributed by atoms with Crippen molar-refractivity contribution in [1.82, 2.24) is 0 Å². The van der Waals surface area contributed by atoms with E-state index in [1.165, 1.54) is 6.07 Å². The first-order chi connectivity index (χ1) is 8.83. The summed E-state index contributed by atoms with van der Waals surface area (Å²) in [5, 5.41) is 0. The smallest absolute Gasteiger partial charge is 0.151 e. The summed E-state index contributed by atoms with van der Waals surface area (Å²) in [6.45, 7) is 2.25. The molecule has 2 heterocycles. The number of nitrogens with zero attached hydrogens (tertiary/aromatic N) is 1. The van der Waals surface area contributed by atoms with Crippen molar-refractivity contribution in [2.24, 2.45) is 0 Å². The minimum Gasteiger partial charge on any atom is -0.488 e. The SMILES string of the molecule is Fc1cc(OC2CCOC2)ccc1N1CCCS1. The molecule has 0 bridgehead atoms. The predicted molar refractivity (Wildman–Crippen MR) is 70.7 cm³/mol. The highest BCUT2D eigenvalue weighted by molar-refractivity contribution is 8.00. The van der Waals surface area contributed by atoms with E-state index in [1.54, 1.807) is 18.0 Å². The summed E-state index contributed by atoms with van der Waals surface area (Å²) < 4.78 is 26.9. The van der Waals surface area contributed by atoms with Crippen LogP contribution in [0.4, 0.5) is 10.1 Å². The first-order valence-electron chi connectivity index (χ1n) is 6.27. The molecular formula is C13H16FNO2S. The Morgan fingerprint density at radius 2 is 2.39 bits per heavy atom. The van der Waals surface area contributed by atoms with Crippen LogP contribution in [0.15, 0.2) is 18.2 Å². The van der Waals surface area contributed by atoms with Crippen molar-refractivity contribution >= 4 is 17.6 Å². The average Bonchev–Trinajstić information content (AvgIpc) is 3.01. The van der Waals surface area contributed by atoms with E-state index < -0.39 is 0 Å². The van der Waals surface area contributed by atoms with E-state index >= 15 is 0 Å². The zero-order valence-electron chi connectivity index (χ0n) is 10.1. The first kappa shape index (κ1) is 12.1. The second-order valence-electron chi connectivity index (χ2n) is 4.51. The summed E-state index contributed by atoms with van der Waals surface area (Å²) >= 11 is 1.68. The molecule has 3 rings (SSSR count). The zero-order valence-corrected chi connectivity index (χ0v) is 10.9. The largest absolute Gasteiger partial charge is 0.488 e. The van der Waals surface area contributed by atoms with Crippen LogP contribution in [0.2, 0.25) is 0 Å². The van der Waals surface area contributed by atoms with Crippen LogP contribution in [-0.4, -0.2) is 31.6 Å². The number of hydrogen-bond acceptors (Lipinski definition) is 4. The van der Waals surface area contributed by atoms with Gasteiger partial charge in [-0.25, -0.2) is 4.39 Å². The second kappa shape index (κ2) is 5.36. The Balaban J connectivity index is 1.71. The highest BCUT2D eigenvalue weighted by atomic mass is 32.2. The molecule has 2 saturated heterocycles. The van der Waals surface area contributed by atoms with Crippen LogP contribution in [0.1, 0.15) is 12.8 Å². The Hall–Kier alpha value is -0.940. The van der Waals surface area contributed by atoms with Crippen molar-refractivity contribution in [2.75, 3.05) is 29.8 Å². The van der Waals surface area contributed by atoms with Gasteiger partial charge >= 0.3 is 0 Å². The van der Waals surface area contributed by atoms with Crippen LogP contribution in [0, 0.1) is 5.82 Å². The Bertz CT molecular complexity index is 417. The third kappa shape index (κ3) is 2.57. The molecule has 2 aliphatic heterocycles. The third-order valence-corrected chi connectivity index (χ3v) is 4.29. The minimum atomic E-state index is -0.208. The number of benzene rings is 1. The maximum Gasteiger partial charge on any atom is 0.151 e. The van der Waals surface area contributed by atoms with Gasteiger partial charge in [0, 0.05) is 24.8 Å². The van der Waals surface area contributed by atoms with Crippen LogP contribution in [-0.2, 0) is 4.74 Å². The van der Waals surface area contributed by atoms with Crippen molar-refractivity contribution in [2.45, 2.75) is 18.9 Å². The van der Waals surface area contributed by atoms with Crippen molar-refractivity contribution in [3.63, 3.8) is 0 Å². The molecule has 0 aliphatic carbocycles. The molecule has 1 atom stereocenters. The third-order valence-electron chi connectivity index (χ3n) is 3.13. The van der Waals surface area contributed by atoms with Gasteiger partial charge in [-0.05, 0) is 30.5 Å². The highest BCUT2D eigenvalue weighted by Crippen LogP contribution is 2.32. The van der Waals surface area contributed by atoms with E-state index in [-0.39, 0.29) is 11.9 Å². The van der Waals surface area contributed by atoms with Gasteiger partial charge in [-0.1, -0.05) is 0 Å². The van der Waals surface area contributed by atoms with Crippen LogP contribution in [0.25, 0.3) is 0 Å². The molecule has 0 saturated carbocycles. The fourth-order valence-electron chi connectivity index (χ4n) is 2.20. The highest BCUT2D eigenvalue weighted by Gasteiger charge is 2.20. The molecule has 2 fully saturated rings. The van der Waals surface area contributed by atoms with Gasteiger partial charge < -0.3 is 13.8 Å². The van der Waals surface area contributed by atoms with Crippen LogP contribution in [0.3, 0.4) is 0 Å². The molecule has 3 nitrogen and oxygen atoms in total. The zero-order chi connectivity index (χ0) is 12.4. The van der Waals surface area contributed by atoms with Gasteiger partial charge in [0.1, 0.15) is 11.9 Å². The van der Waals surface area contributed by atoms with E-state index in [2.05, 4.69) is 0 Å². The predicted octanol–water partition coefficient (Wildman–Crippen LogP) is 2.85. The molecule has 1 unspecified atom stereocenters. The number of halogens is 1. The summed E-state index contributed by atoms with van der Waals surface area (Å²) in [6, 6.07) is 5.13. The lowest BCUT2D eigenvalue weighted by Gasteiger charge is -2.18. The number of rotatable bonds is 3. The Kier molecular flexibility index (Phi) is 3.61. The van der Waals surface area contributed by atoms with Crippen LogP contribution < -0.4 is 9.04 Å². The molecule has 18 heavy (non-hydrogen) atoms. The van der Waals surface area contributed by atoms with Crippen LogP contribution >= 0.6 is 11.9 Å². The van der Waals surface area contributed by atoms with Crippen molar-refractivity contribution in [3.05, 3.63) is 24.0 Å². The Morgan fingerprint density at radius 3 is 3.06 bits per heavy atom. The molecule has 0 spiro atoms. The lowest BCUT2D eigenvalue weighted by Crippen LogP contribution is -2.16. The molecule has 2 aliphatic rings. The van der Waals surface area contributed by atoms with Gasteiger partial charge in [0.25, 0.3) is 0 Å². The second-order valence-corrected chi connectivity index (χ2v) is 5.61. The fourth-order valence-corrected chi connectivity index (χ4v) is 3.22. The summed E-state index contributed by atoms with van der Waals surface area (Å²) in [4.78, 5) is 0. The topological polar surface area (TPSA) is 21.7 Å². The van der Waals surface area contributed by atoms with Crippen molar-refractivity contribution < 1.29 is 13.9 Å². The average molecular weight is 269 g/mol. The minimum absolute atomic E-state index is 0.0661. The van der Waals surface area contributed by atoms with Gasteiger partial charge in [0.05, 0.1) is 18.9 Å². The monoisotopic (exact) mass is 269 g/mol. The number of ether oxygens (including phenoxy) is 2. The number of anilines is 1. The van der Waals surface area contributed by atoms with E-state index in [9.17, 15) is 4.39 Å². The maximum atomic E-state index is 14.0. The van der Waals surface area contributed by atoms with E-state index in [0.29, 0.717) is 18.0 Å². The van der Waals surface area contributed by atoms with Gasteiger partial charge in [-0.3, -0.25) is 0 Å². The van der Waals surface area contributed by atoms with Crippen molar-refractivity contribution in [1.29, 1.82) is 0 Å². The van der Waals surface area contributed by atoms with E-state index in [0.717, 1.165) is 31.7 Å². The molecule has 5 heteroatoms. The summed E-state index contributed by atoms with van der Waals surface area (Å²) in [5.74, 6) is 1.45. The molecule has 0 aromatic heterocycles. The lowest BCUT2D eigenvalue weighted by molar-refractivity contribution is 0.141. The summed E-state index contributed by atoms with van der Waals surface area (Å²) in [7, 11) is 0. The van der Waals surface area contributed by atoms with E-state index in [1.807, 2.05) is 10.4 Å². The van der Waals surface area contributed by atoms with Crippen molar-refractivity contribution in [3.8, 4) is 5.75 Å². The summed E-state index contributed by atoms with van der Waals surface area (Å²) in [6.07, 6.45) is 2.06. The fraction of sp³-hybridized carbons (Fsp3) is 0.538. The van der Waals surface area contributed by atoms with E-state index in [4.69, 9.17) is 9.47 Å². The standard InChI is InChI=1S/C13H16FNO2S/c14-12-8-10(17-11-4-6-16-9-11)2-3-13(12)15-5-1-7-18-15/h2-3,8,11H,1,4-7,9H2. The molecule has 98 valence electrons. The molecule has 0 amide bonds. The van der Waals surface area contributed by atoms with Gasteiger partial charge in [-0.2, -0.15) is 0 Å². The Morgan fingerprint density at radius 1 is 1.44 bits per heavy atom. The molecule has 0 N–H and O–H groups in total. The molecular weight excluding hydrogens is 253 g/mol. The quantitative estimate of drug-likeness (QED) is 0.787.